The van der Waals surface area contributed by atoms with Gasteiger partial charge in [-0.15, -0.1) is 11.3 Å². The minimum absolute atomic E-state index is 0.00914. The van der Waals surface area contributed by atoms with Crippen LogP contribution in [-0.4, -0.2) is 47.9 Å². The van der Waals surface area contributed by atoms with Gasteiger partial charge in [-0.2, -0.15) is 0 Å². The zero-order valence-electron chi connectivity index (χ0n) is 19.8. The summed E-state index contributed by atoms with van der Waals surface area (Å²) in [6.07, 6.45) is 1.54. The molecule has 0 spiro atoms. The van der Waals surface area contributed by atoms with Crippen LogP contribution in [0.5, 0.6) is 5.75 Å². The molecule has 0 fully saturated rings. The van der Waals surface area contributed by atoms with E-state index < -0.39 is 0 Å². The van der Waals surface area contributed by atoms with E-state index >= 15 is 0 Å². The quantitative estimate of drug-likeness (QED) is 0.337. The Hall–Kier alpha value is -2.54. The van der Waals surface area contributed by atoms with Crippen molar-refractivity contribution >= 4 is 46.4 Å². The number of nitrogens with zero attached hydrogens (tertiary/aromatic N) is 2. The summed E-state index contributed by atoms with van der Waals surface area (Å²) < 4.78 is 6.13. The molecule has 1 aromatic heterocycles. The Balaban J connectivity index is 1.52. The van der Waals surface area contributed by atoms with Gasteiger partial charge in [-0.05, 0) is 78.7 Å². The lowest BCUT2D eigenvalue weighted by Gasteiger charge is -2.37. The maximum absolute atomic E-state index is 13.6. The SMILES string of the molecule is CCCN(CC(=O)N1CCc2sccc2C1COc1ccc(Cl)c(C)c1)C(=O)c1cccc(Cl)c1. The Morgan fingerprint density at radius 1 is 1.17 bits per heavy atom. The van der Waals surface area contributed by atoms with Gasteiger partial charge in [0.05, 0.1) is 6.04 Å². The Labute approximate surface area is 220 Å². The van der Waals surface area contributed by atoms with Crippen molar-refractivity contribution in [3.8, 4) is 5.75 Å². The van der Waals surface area contributed by atoms with E-state index in [-0.39, 0.29) is 24.4 Å². The van der Waals surface area contributed by atoms with Gasteiger partial charge < -0.3 is 14.5 Å². The van der Waals surface area contributed by atoms with Gasteiger partial charge in [0.1, 0.15) is 18.9 Å². The van der Waals surface area contributed by atoms with Crippen molar-refractivity contribution in [1.82, 2.24) is 9.80 Å². The molecule has 2 aromatic carbocycles. The molecule has 0 saturated heterocycles. The van der Waals surface area contributed by atoms with E-state index in [9.17, 15) is 9.59 Å². The average Bonchev–Trinajstić information content (AvgIpc) is 3.33. The molecule has 0 N–H and O–H groups in total. The first-order valence-corrected chi connectivity index (χ1v) is 13.3. The van der Waals surface area contributed by atoms with E-state index in [0.29, 0.717) is 41.1 Å². The third kappa shape index (κ3) is 6.00. The predicted molar refractivity (Wildman–Crippen MR) is 142 cm³/mol. The lowest BCUT2D eigenvalue weighted by atomic mass is 10.00. The molecule has 2 heterocycles. The highest BCUT2D eigenvalue weighted by atomic mass is 35.5. The first-order valence-electron chi connectivity index (χ1n) is 11.7. The van der Waals surface area contributed by atoms with Crippen LogP contribution in [0.3, 0.4) is 0 Å². The Morgan fingerprint density at radius 2 is 2.00 bits per heavy atom. The highest BCUT2D eigenvalue weighted by Gasteiger charge is 2.33. The number of carbonyl (C=O) groups excluding carboxylic acids is 2. The lowest BCUT2D eigenvalue weighted by molar-refractivity contribution is -0.135. The monoisotopic (exact) mass is 530 g/mol. The molecular formula is C27H28Cl2N2O3S. The van der Waals surface area contributed by atoms with Gasteiger partial charge in [-0.1, -0.05) is 36.2 Å². The van der Waals surface area contributed by atoms with Crippen LogP contribution in [0.15, 0.2) is 53.9 Å². The fourth-order valence-corrected chi connectivity index (χ4v) is 5.57. The van der Waals surface area contributed by atoms with E-state index in [1.165, 1.54) is 4.88 Å². The van der Waals surface area contributed by atoms with Crippen molar-refractivity contribution in [2.75, 3.05) is 26.2 Å². The smallest absolute Gasteiger partial charge is 0.254 e. The highest BCUT2D eigenvalue weighted by Crippen LogP contribution is 2.34. The maximum Gasteiger partial charge on any atom is 0.254 e. The molecule has 1 unspecified atom stereocenters. The largest absolute Gasteiger partial charge is 0.491 e. The summed E-state index contributed by atoms with van der Waals surface area (Å²) in [5.41, 5.74) is 2.53. The Kier molecular flexibility index (Phi) is 8.37. The molecule has 0 bridgehead atoms. The number of rotatable bonds is 8. The van der Waals surface area contributed by atoms with Crippen LogP contribution < -0.4 is 4.74 Å². The fraction of sp³-hybridized carbons (Fsp3) is 0.333. The number of hydrogen-bond donors (Lipinski definition) is 0. The molecule has 2 amide bonds. The molecule has 8 heteroatoms. The molecule has 1 aliphatic heterocycles. The third-order valence-corrected chi connectivity index (χ3v) is 7.79. The molecule has 0 radical (unpaired) electrons. The van der Waals surface area contributed by atoms with Gasteiger partial charge in [0.25, 0.3) is 5.91 Å². The number of fused-ring (bicyclic) bond motifs is 1. The topological polar surface area (TPSA) is 49.9 Å². The van der Waals surface area contributed by atoms with Gasteiger partial charge in [0.2, 0.25) is 5.91 Å². The van der Waals surface area contributed by atoms with E-state index in [1.807, 2.05) is 36.9 Å². The van der Waals surface area contributed by atoms with Crippen LogP contribution >= 0.6 is 34.5 Å². The summed E-state index contributed by atoms with van der Waals surface area (Å²) in [7, 11) is 0. The van der Waals surface area contributed by atoms with Crippen LogP contribution in [0.2, 0.25) is 10.0 Å². The van der Waals surface area contributed by atoms with Crippen molar-refractivity contribution in [2.45, 2.75) is 32.7 Å². The molecule has 184 valence electrons. The van der Waals surface area contributed by atoms with Crippen molar-refractivity contribution in [3.05, 3.63) is 85.5 Å². The number of carbonyl (C=O) groups is 2. The van der Waals surface area contributed by atoms with Crippen molar-refractivity contribution in [1.29, 1.82) is 0 Å². The van der Waals surface area contributed by atoms with Gasteiger partial charge in [0, 0.05) is 33.6 Å². The normalized spacial score (nSPS) is 15.0. The van der Waals surface area contributed by atoms with E-state index in [1.54, 1.807) is 40.5 Å². The summed E-state index contributed by atoms with van der Waals surface area (Å²) in [5, 5.41) is 3.24. The molecule has 1 atom stereocenters. The molecular weight excluding hydrogens is 503 g/mol. The Morgan fingerprint density at radius 3 is 2.74 bits per heavy atom. The standard InChI is InChI=1S/C27H28Cl2N2O3S/c1-3-11-30(27(33)19-5-4-6-20(28)15-19)16-26(32)31-12-9-25-22(10-13-35-25)24(31)17-34-21-7-8-23(29)18(2)14-21/h4-8,10,13-15,24H,3,9,11-12,16-17H2,1-2H3. The number of aryl methyl sites for hydroxylation is 1. The number of thiophene rings is 1. The second-order valence-corrected chi connectivity index (χ2v) is 10.5. The van der Waals surface area contributed by atoms with Gasteiger partial charge >= 0.3 is 0 Å². The van der Waals surface area contributed by atoms with Crippen LogP contribution in [0.1, 0.15) is 45.7 Å². The first kappa shape index (κ1) is 25.5. The Bertz CT molecular complexity index is 1210. The van der Waals surface area contributed by atoms with Crippen LogP contribution in [-0.2, 0) is 11.2 Å². The zero-order chi connectivity index (χ0) is 24.9. The second kappa shape index (κ2) is 11.5. The van der Waals surface area contributed by atoms with E-state index in [0.717, 1.165) is 24.0 Å². The van der Waals surface area contributed by atoms with Crippen LogP contribution in [0, 0.1) is 6.92 Å². The number of ether oxygens (including phenoxy) is 1. The molecule has 1 aliphatic rings. The number of amides is 2. The molecule has 4 rings (SSSR count). The summed E-state index contributed by atoms with van der Waals surface area (Å²) in [6, 6.07) is 14.2. The van der Waals surface area contributed by atoms with Crippen LogP contribution in [0.4, 0.5) is 0 Å². The van der Waals surface area contributed by atoms with E-state index in [4.69, 9.17) is 27.9 Å². The van der Waals surface area contributed by atoms with Crippen molar-refractivity contribution in [3.63, 3.8) is 0 Å². The predicted octanol–water partition coefficient (Wildman–Crippen LogP) is 6.42. The minimum Gasteiger partial charge on any atom is -0.491 e. The number of hydrogen-bond acceptors (Lipinski definition) is 4. The summed E-state index contributed by atoms with van der Waals surface area (Å²) in [4.78, 5) is 31.5. The average molecular weight is 532 g/mol. The summed E-state index contributed by atoms with van der Waals surface area (Å²) in [5.74, 6) is 0.428. The number of halogens is 2. The molecule has 0 saturated carbocycles. The molecule has 35 heavy (non-hydrogen) atoms. The zero-order valence-corrected chi connectivity index (χ0v) is 22.1. The molecule has 5 nitrogen and oxygen atoms in total. The highest BCUT2D eigenvalue weighted by molar-refractivity contribution is 7.10. The number of benzene rings is 2. The molecule has 3 aromatic rings. The van der Waals surface area contributed by atoms with Crippen molar-refractivity contribution in [2.24, 2.45) is 0 Å². The van der Waals surface area contributed by atoms with Gasteiger partial charge in [-0.25, -0.2) is 0 Å². The van der Waals surface area contributed by atoms with Gasteiger partial charge in [-0.3, -0.25) is 9.59 Å². The van der Waals surface area contributed by atoms with Gasteiger partial charge in [0.15, 0.2) is 0 Å². The maximum atomic E-state index is 13.6. The van der Waals surface area contributed by atoms with Crippen LogP contribution in [0.25, 0.3) is 0 Å². The van der Waals surface area contributed by atoms with E-state index in [2.05, 4.69) is 11.4 Å². The second-order valence-electron chi connectivity index (χ2n) is 8.61. The first-order chi connectivity index (χ1) is 16.9. The fourth-order valence-electron chi connectivity index (χ4n) is 4.34. The lowest BCUT2D eigenvalue weighted by Crippen LogP contribution is -2.48. The molecule has 0 aliphatic carbocycles. The minimum atomic E-state index is -0.224. The summed E-state index contributed by atoms with van der Waals surface area (Å²) in [6.45, 7) is 5.33. The third-order valence-electron chi connectivity index (χ3n) is 6.13. The summed E-state index contributed by atoms with van der Waals surface area (Å²) >= 11 is 14.0. The van der Waals surface area contributed by atoms with Crippen molar-refractivity contribution < 1.29 is 14.3 Å².